The van der Waals surface area contributed by atoms with Crippen molar-refractivity contribution in [2.75, 3.05) is 0 Å². The van der Waals surface area contributed by atoms with Gasteiger partial charge in [-0.15, -0.1) is 0 Å². The van der Waals surface area contributed by atoms with Crippen LogP contribution in [-0.4, -0.2) is 19.9 Å². The third-order valence-electron chi connectivity index (χ3n) is 11.5. The maximum Gasteiger partial charge on any atom is 0.0991 e. The van der Waals surface area contributed by atoms with Gasteiger partial charge in [0, 0.05) is 44.3 Å². The molecule has 0 amide bonds. The fourth-order valence-electron chi connectivity index (χ4n) is 8.69. The first kappa shape index (κ1) is 34.7. The van der Waals surface area contributed by atoms with Crippen molar-refractivity contribution in [3.8, 4) is 56.6 Å². The van der Waals surface area contributed by atoms with Crippen LogP contribution in [0, 0.1) is 22.7 Å². The fraction of sp³-hybridized carbons (Fsp3) is 0. The van der Waals surface area contributed by atoms with Gasteiger partial charge in [-0.2, -0.15) is 10.5 Å². The number of nitrogens with zero attached hydrogens (tertiary/aromatic N) is 4. The van der Waals surface area contributed by atoms with E-state index < -0.39 is 0 Å². The van der Waals surface area contributed by atoms with Crippen LogP contribution in [0.4, 0.5) is 0 Å². The smallest absolute Gasteiger partial charge is 0.0991 e. The maximum atomic E-state index is 9.70. The van der Waals surface area contributed by atoms with Crippen LogP contribution in [-0.2, 0) is 0 Å². The fourth-order valence-corrected chi connectivity index (χ4v) is 8.69. The summed E-state index contributed by atoms with van der Waals surface area (Å²) in [5.74, 6) is 0. The van der Waals surface area contributed by atoms with Gasteiger partial charge in [-0.05, 0) is 117 Å². The van der Waals surface area contributed by atoms with Crippen molar-refractivity contribution < 1.29 is 0 Å². The van der Waals surface area contributed by atoms with E-state index in [0.29, 0.717) is 11.1 Å². The second kappa shape index (κ2) is 14.1. The molecule has 6 aromatic carbocycles. The van der Waals surface area contributed by atoms with Gasteiger partial charge in [0.2, 0.25) is 0 Å². The quantitative estimate of drug-likeness (QED) is 0.186. The van der Waals surface area contributed by atoms with Crippen LogP contribution in [0.1, 0.15) is 33.9 Å². The first-order chi connectivity index (χ1) is 29.6. The Kier molecular flexibility index (Phi) is 8.15. The molecule has 60 heavy (non-hydrogen) atoms. The zero-order chi connectivity index (χ0) is 40.2. The highest BCUT2D eigenvalue weighted by atomic mass is 14.8. The number of hydrogen-bond donors (Lipinski definition) is 2. The van der Waals surface area contributed by atoms with Crippen LogP contribution in [0.3, 0.4) is 0 Å². The van der Waals surface area contributed by atoms with Crippen LogP contribution in [0.2, 0.25) is 0 Å². The van der Waals surface area contributed by atoms with Crippen molar-refractivity contribution >= 4 is 67.9 Å². The number of nitriles is 2. The van der Waals surface area contributed by atoms with Crippen LogP contribution < -0.4 is 0 Å². The summed E-state index contributed by atoms with van der Waals surface area (Å²) in [6.45, 7) is 0. The number of hydrogen-bond acceptors (Lipinski definition) is 4. The maximum absolute atomic E-state index is 9.70. The minimum Gasteiger partial charge on any atom is -0.354 e. The second-order valence-electron chi connectivity index (χ2n) is 14.9. The molecule has 278 valence electrons. The molecule has 0 unspecified atom stereocenters. The van der Waals surface area contributed by atoms with Crippen molar-refractivity contribution in [2.45, 2.75) is 0 Å². The number of benzene rings is 6. The summed E-state index contributed by atoms with van der Waals surface area (Å²) in [4.78, 5) is 18.6. The van der Waals surface area contributed by atoms with E-state index >= 15 is 0 Å². The van der Waals surface area contributed by atoms with E-state index in [1.165, 1.54) is 0 Å². The molecule has 2 aliphatic rings. The zero-order valence-electron chi connectivity index (χ0n) is 32.1. The van der Waals surface area contributed by atoms with Gasteiger partial charge in [0.25, 0.3) is 0 Å². The molecule has 0 radical (unpaired) electrons. The highest BCUT2D eigenvalue weighted by Crippen LogP contribution is 2.41. The number of rotatable bonds is 4. The third-order valence-corrected chi connectivity index (χ3v) is 11.5. The lowest BCUT2D eigenvalue weighted by Crippen LogP contribution is -1.91. The number of H-pyrrole nitrogens is 2. The molecule has 0 saturated heterocycles. The van der Waals surface area contributed by atoms with Gasteiger partial charge in [-0.3, -0.25) is 0 Å². The Morgan fingerprint density at radius 3 is 1.10 bits per heavy atom. The molecule has 0 saturated carbocycles. The Morgan fingerprint density at radius 1 is 0.350 bits per heavy atom. The molecule has 6 heteroatoms. The second-order valence-corrected chi connectivity index (χ2v) is 14.9. The summed E-state index contributed by atoms with van der Waals surface area (Å²) >= 11 is 0. The normalized spacial score (nSPS) is 11.8. The molecular formula is C54H32N6. The minimum absolute atomic E-state index is 0.590. The van der Waals surface area contributed by atoms with Crippen molar-refractivity contribution in [3.05, 3.63) is 192 Å². The van der Waals surface area contributed by atoms with Crippen LogP contribution in [0.15, 0.2) is 158 Å². The summed E-state index contributed by atoms with van der Waals surface area (Å²) in [5.41, 5.74) is 15.7. The largest absolute Gasteiger partial charge is 0.354 e. The molecule has 9 aromatic rings. The van der Waals surface area contributed by atoms with Crippen LogP contribution in [0.5, 0.6) is 0 Å². The highest BCUT2D eigenvalue weighted by Gasteiger charge is 2.20. The summed E-state index contributed by atoms with van der Waals surface area (Å²) < 4.78 is 0. The third kappa shape index (κ3) is 5.79. The summed E-state index contributed by atoms with van der Waals surface area (Å²) in [5, 5.41) is 23.9. The van der Waals surface area contributed by atoms with Crippen molar-refractivity contribution in [2.24, 2.45) is 0 Å². The molecule has 3 aromatic heterocycles. The van der Waals surface area contributed by atoms with Gasteiger partial charge in [-0.1, -0.05) is 109 Å². The molecule has 0 spiro atoms. The molecule has 5 heterocycles. The Labute approximate surface area is 345 Å². The van der Waals surface area contributed by atoms with Crippen molar-refractivity contribution in [3.63, 3.8) is 0 Å². The Morgan fingerprint density at radius 2 is 0.700 bits per heavy atom. The Hall–Kier alpha value is -8.58. The Bertz CT molecular complexity index is 3300. The van der Waals surface area contributed by atoms with Gasteiger partial charge in [0.15, 0.2) is 0 Å². The van der Waals surface area contributed by atoms with E-state index in [2.05, 4.69) is 156 Å². The van der Waals surface area contributed by atoms with Gasteiger partial charge in [-0.25, -0.2) is 9.97 Å². The molecule has 0 aliphatic carbocycles. The average molecular weight is 765 g/mol. The molecule has 0 atom stereocenters. The Balaban J connectivity index is 1.33. The molecule has 0 fully saturated rings. The topological polar surface area (TPSA) is 105 Å². The molecule has 8 bridgehead atoms. The van der Waals surface area contributed by atoms with Gasteiger partial charge in [0.05, 0.1) is 46.0 Å². The summed E-state index contributed by atoms with van der Waals surface area (Å²) in [6, 6.07) is 58.1. The van der Waals surface area contributed by atoms with Gasteiger partial charge in [0.1, 0.15) is 0 Å². The van der Waals surface area contributed by atoms with E-state index in [4.69, 9.17) is 9.97 Å². The van der Waals surface area contributed by atoms with E-state index in [0.717, 1.165) is 111 Å². The molecule has 2 N–H and O–H groups in total. The summed E-state index contributed by atoms with van der Waals surface area (Å²) in [7, 11) is 0. The summed E-state index contributed by atoms with van der Waals surface area (Å²) in [6.07, 6.45) is 8.37. The minimum atomic E-state index is 0.590. The van der Waals surface area contributed by atoms with Crippen molar-refractivity contribution in [1.29, 1.82) is 10.5 Å². The first-order valence-electron chi connectivity index (χ1n) is 19.8. The predicted molar refractivity (Wildman–Crippen MR) is 245 cm³/mol. The number of aromatic amines is 2. The lowest BCUT2D eigenvalue weighted by Gasteiger charge is -2.10. The predicted octanol–water partition coefficient (Wildman–Crippen LogP) is 13.4. The number of nitrogens with one attached hydrogen (secondary N) is 2. The van der Waals surface area contributed by atoms with E-state index in [9.17, 15) is 10.5 Å². The number of aromatic nitrogens is 4. The monoisotopic (exact) mass is 764 g/mol. The molecule has 2 aliphatic heterocycles. The molecule has 11 rings (SSSR count). The highest BCUT2D eigenvalue weighted by molar-refractivity contribution is 6.07. The van der Waals surface area contributed by atoms with Crippen LogP contribution >= 0.6 is 0 Å². The zero-order valence-corrected chi connectivity index (χ0v) is 32.1. The molecular weight excluding hydrogens is 733 g/mol. The lowest BCUT2D eigenvalue weighted by molar-refractivity contribution is 1.31. The standard InChI is InChI=1S/C54H32N6/c55-31-33-15-19-37(20-16-33)51-43-23-27-47(57-43)53(41-13-5-9-35-7-1-3-11-39(35)41)48-28-24-44(58-48)52(38-21-17-34(32-56)18-22-38)46-26-30-50(60-46)54(49-29-25-45(51)59-49)42-14-6-10-36-8-2-4-12-40(36)42/h1-30,57,60H. The van der Waals surface area contributed by atoms with Crippen molar-refractivity contribution in [1.82, 2.24) is 19.9 Å². The van der Waals surface area contributed by atoms with E-state index in [1.54, 1.807) is 0 Å². The van der Waals surface area contributed by atoms with E-state index in [-0.39, 0.29) is 0 Å². The average Bonchev–Trinajstić information content (AvgIpc) is 4.15. The van der Waals surface area contributed by atoms with Crippen LogP contribution in [0.25, 0.3) is 112 Å². The lowest BCUT2D eigenvalue weighted by atomic mass is 9.97. The SMILES string of the molecule is N#Cc1ccc(-c2c3nc(c(-c4cccc5ccccc45)c4ccc([nH]4)c(-c4ccc(C#N)cc4)c4nc(c(-c5cccc6ccccc56)c5ccc2[nH]5)C=C4)C=C3)cc1. The van der Waals surface area contributed by atoms with Gasteiger partial charge >= 0.3 is 0 Å². The van der Waals surface area contributed by atoms with E-state index in [1.807, 2.05) is 48.5 Å². The van der Waals surface area contributed by atoms with Gasteiger partial charge < -0.3 is 9.97 Å². The number of fused-ring (bicyclic) bond motifs is 10. The first-order valence-corrected chi connectivity index (χ1v) is 19.8. The molecule has 6 nitrogen and oxygen atoms in total.